The molecule has 1 saturated heterocycles. The maximum atomic E-state index is 12.7. The third-order valence-corrected chi connectivity index (χ3v) is 7.53. The predicted octanol–water partition coefficient (Wildman–Crippen LogP) is -0.349. The van der Waals surface area contributed by atoms with Crippen LogP contribution in [0.15, 0.2) is 28.2 Å². The molecule has 0 bridgehead atoms. The van der Waals surface area contributed by atoms with Crippen molar-refractivity contribution in [1.29, 1.82) is 0 Å². The quantitative estimate of drug-likeness (QED) is 0.149. The molecule has 0 radical (unpaired) electrons. The number of amides is 2. The van der Waals surface area contributed by atoms with Crippen LogP contribution in [0, 0.1) is 0 Å². The van der Waals surface area contributed by atoms with Gasteiger partial charge in [-0.25, -0.2) is 4.79 Å². The van der Waals surface area contributed by atoms with Gasteiger partial charge < -0.3 is 21.4 Å². The van der Waals surface area contributed by atoms with Gasteiger partial charge in [0.2, 0.25) is 11.5 Å². The maximum absolute atomic E-state index is 12.7. The Morgan fingerprint density at radius 3 is 2.90 bits per heavy atom. The summed E-state index contributed by atoms with van der Waals surface area (Å²) in [5.74, 6) is -2.00. The summed E-state index contributed by atoms with van der Waals surface area (Å²) in [6.45, 7) is 0. The van der Waals surface area contributed by atoms with Crippen LogP contribution in [0.25, 0.3) is 0 Å². The molecule has 2 aromatic rings. The van der Waals surface area contributed by atoms with Crippen LogP contribution in [-0.2, 0) is 20.1 Å². The fraction of sp³-hybridized carbons (Fsp3) is 0.267. The predicted molar refractivity (Wildman–Crippen MR) is 112 cm³/mol. The van der Waals surface area contributed by atoms with Crippen LogP contribution in [0.5, 0.6) is 0 Å². The molecule has 0 unspecified atom stereocenters. The number of rotatable bonds is 7. The highest BCUT2D eigenvalue weighted by molar-refractivity contribution is 8.05. The average Bonchev–Trinajstić information content (AvgIpc) is 3.42. The van der Waals surface area contributed by atoms with Crippen LogP contribution in [0.1, 0.15) is 11.4 Å². The number of hydrogen-bond donors (Lipinski definition) is 5. The van der Waals surface area contributed by atoms with E-state index >= 15 is 0 Å². The van der Waals surface area contributed by atoms with E-state index in [4.69, 9.17) is 10.9 Å². The molecular weight excluding hydrogens is 468 g/mol. The van der Waals surface area contributed by atoms with Crippen LogP contribution in [0.2, 0.25) is 0 Å². The number of nitrogens with one attached hydrogen (secondary N) is 2. The number of H-pyrrole nitrogens is 1. The number of fused-ring (bicyclic) bond motifs is 1. The van der Waals surface area contributed by atoms with Crippen LogP contribution < -0.4 is 11.1 Å². The van der Waals surface area contributed by atoms with Gasteiger partial charge in [0.25, 0.3) is 11.8 Å². The minimum Gasteiger partial charge on any atom is -0.477 e. The zero-order valence-electron chi connectivity index (χ0n) is 15.4. The van der Waals surface area contributed by atoms with Gasteiger partial charge in [0.15, 0.2) is 5.13 Å². The van der Waals surface area contributed by atoms with Gasteiger partial charge in [-0.2, -0.15) is 14.5 Å². The molecule has 0 saturated carbocycles. The van der Waals surface area contributed by atoms with Gasteiger partial charge in [-0.15, -0.1) is 23.5 Å². The number of carbonyl (C=O) groups is 3. The van der Waals surface area contributed by atoms with Crippen molar-refractivity contribution in [1.82, 2.24) is 29.8 Å². The van der Waals surface area contributed by atoms with Crippen molar-refractivity contribution in [3.8, 4) is 0 Å². The Kier molecular flexibility index (Phi) is 5.84. The summed E-state index contributed by atoms with van der Waals surface area (Å²) in [7, 11) is 0. The number of carboxylic acids is 1. The average molecular weight is 483 g/mol. The number of β-lactam (4-membered cyclic amide) rings is 1. The summed E-state index contributed by atoms with van der Waals surface area (Å²) in [4.78, 5) is 42.5. The number of thioether (sulfide) groups is 2. The number of nitrogen functional groups attached to an aromatic ring is 1. The number of carbonyl (C=O) groups excluding carboxylic acids is 2. The number of anilines is 1. The number of aromatic amines is 1. The van der Waals surface area contributed by atoms with Crippen LogP contribution in [0.3, 0.4) is 0 Å². The fourth-order valence-electron chi connectivity index (χ4n) is 2.96. The highest BCUT2D eigenvalue weighted by Gasteiger charge is 2.54. The van der Waals surface area contributed by atoms with Crippen molar-refractivity contribution in [2.75, 3.05) is 11.5 Å². The molecule has 16 heteroatoms. The largest absolute Gasteiger partial charge is 0.477 e. The molecule has 4 heterocycles. The minimum absolute atomic E-state index is 0.0781. The van der Waals surface area contributed by atoms with E-state index in [1.165, 1.54) is 23.5 Å². The highest BCUT2D eigenvalue weighted by atomic mass is 32.2. The first-order valence-corrected chi connectivity index (χ1v) is 11.4. The first kappa shape index (κ1) is 21.1. The molecule has 1 fully saturated rings. The van der Waals surface area contributed by atoms with Crippen molar-refractivity contribution in [3.05, 3.63) is 34.4 Å². The molecule has 2 aliphatic rings. The number of hydrogen-bond acceptors (Lipinski definition) is 12. The van der Waals surface area contributed by atoms with Gasteiger partial charge in [-0.3, -0.25) is 19.6 Å². The highest BCUT2D eigenvalue weighted by Crippen LogP contribution is 2.44. The number of carboxylic acid groups (broad SMARTS) is 1. The second-order valence-corrected chi connectivity index (χ2v) is 9.20. The standard InChI is InChI=1S/C15H14N8O5S3/c16-15-20-10(22-31-15)7(21-28)11(24)19-8-12(25)23-9(14(26)27)6(4-30-13(8)23)29-3-5-1-17-18-2-5/h1-2,8,13,28H,3-4H2,(H,17,18)(H,19,24)(H,26,27)(H2,16,20,22)/b21-7-/t8-,13+/m1/s1. The molecular formula is C15H14N8O5S3. The first-order chi connectivity index (χ1) is 14.9. The Hall–Kier alpha value is -3.11. The van der Waals surface area contributed by atoms with Gasteiger partial charge in [0.1, 0.15) is 17.1 Å². The summed E-state index contributed by atoms with van der Waals surface area (Å²) in [5.41, 5.74) is 5.77. The molecule has 0 aliphatic carbocycles. The maximum Gasteiger partial charge on any atom is 0.353 e. The van der Waals surface area contributed by atoms with Crippen molar-refractivity contribution >= 4 is 63.7 Å². The van der Waals surface area contributed by atoms with Gasteiger partial charge in [0, 0.05) is 39.7 Å². The molecule has 162 valence electrons. The lowest BCUT2D eigenvalue weighted by atomic mass is 10.0. The first-order valence-electron chi connectivity index (χ1n) is 8.54. The molecule has 2 amide bonds. The van der Waals surface area contributed by atoms with Crippen molar-refractivity contribution in [2.45, 2.75) is 17.2 Å². The van der Waals surface area contributed by atoms with Gasteiger partial charge in [-0.1, -0.05) is 5.16 Å². The molecule has 31 heavy (non-hydrogen) atoms. The number of nitrogens with two attached hydrogens (primary N) is 1. The number of aromatic nitrogens is 4. The third kappa shape index (κ3) is 3.96. The van der Waals surface area contributed by atoms with E-state index in [1.54, 1.807) is 12.4 Å². The van der Waals surface area contributed by atoms with Crippen molar-refractivity contribution in [2.24, 2.45) is 5.16 Å². The van der Waals surface area contributed by atoms with Gasteiger partial charge in [-0.05, 0) is 0 Å². The fourth-order valence-corrected chi connectivity index (χ4v) is 5.95. The molecule has 0 aromatic carbocycles. The lowest BCUT2D eigenvalue weighted by molar-refractivity contribution is -0.150. The zero-order valence-corrected chi connectivity index (χ0v) is 17.8. The topological polar surface area (TPSA) is 200 Å². The lowest BCUT2D eigenvalue weighted by Gasteiger charge is -2.49. The van der Waals surface area contributed by atoms with E-state index in [-0.39, 0.29) is 16.7 Å². The normalized spacial score (nSPS) is 21.0. The van der Waals surface area contributed by atoms with E-state index in [2.05, 4.69) is 30.0 Å². The summed E-state index contributed by atoms with van der Waals surface area (Å²) in [5, 5.41) is 30.2. The van der Waals surface area contributed by atoms with Crippen LogP contribution >= 0.6 is 35.1 Å². The monoisotopic (exact) mass is 482 g/mol. The number of aliphatic carboxylic acids is 1. The summed E-state index contributed by atoms with van der Waals surface area (Å²) >= 11 is 3.46. The Morgan fingerprint density at radius 1 is 1.48 bits per heavy atom. The number of nitrogens with zero attached hydrogens (tertiary/aromatic N) is 5. The third-order valence-electron chi connectivity index (χ3n) is 4.36. The Morgan fingerprint density at radius 2 is 2.29 bits per heavy atom. The van der Waals surface area contributed by atoms with E-state index in [1.807, 2.05) is 0 Å². The second kappa shape index (κ2) is 8.56. The minimum atomic E-state index is -1.22. The lowest BCUT2D eigenvalue weighted by Crippen LogP contribution is -2.71. The van der Waals surface area contributed by atoms with Crippen molar-refractivity contribution < 1.29 is 24.7 Å². The zero-order chi connectivity index (χ0) is 22.1. The molecule has 4 rings (SSSR count). The summed E-state index contributed by atoms with van der Waals surface area (Å²) in [6, 6.07) is -0.986. The Labute approximate surface area is 186 Å². The van der Waals surface area contributed by atoms with Crippen LogP contribution in [-0.4, -0.2) is 75.4 Å². The smallest absolute Gasteiger partial charge is 0.353 e. The van der Waals surface area contributed by atoms with Crippen LogP contribution in [0.4, 0.5) is 5.13 Å². The molecule has 2 atom stereocenters. The van der Waals surface area contributed by atoms with E-state index in [0.29, 0.717) is 16.4 Å². The molecule has 0 spiro atoms. The van der Waals surface area contributed by atoms with Crippen molar-refractivity contribution in [3.63, 3.8) is 0 Å². The van der Waals surface area contributed by atoms with E-state index in [9.17, 15) is 19.5 Å². The SMILES string of the molecule is Nc1nc(/C(=N/O)C(=O)N[C@@H]2C(=O)N3C(C(=O)O)=C(SCc4cn[nH]c4)CS[C@@H]23)ns1. The molecule has 13 nitrogen and oxygen atoms in total. The summed E-state index contributed by atoms with van der Waals surface area (Å²) < 4.78 is 3.81. The van der Waals surface area contributed by atoms with E-state index in [0.717, 1.165) is 22.0 Å². The molecule has 2 aromatic heterocycles. The number of oxime groups is 1. The van der Waals surface area contributed by atoms with Gasteiger partial charge >= 0.3 is 5.97 Å². The molecule has 6 N–H and O–H groups in total. The Balaban J connectivity index is 1.48. The van der Waals surface area contributed by atoms with E-state index < -0.39 is 34.9 Å². The van der Waals surface area contributed by atoms with Gasteiger partial charge in [0.05, 0.1) is 6.20 Å². The summed E-state index contributed by atoms with van der Waals surface area (Å²) in [6.07, 6.45) is 3.34. The molecule has 2 aliphatic heterocycles. The Bertz CT molecular complexity index is 1100. The second-order valence-electron chi connectivity index (χ2n) is 6.24.